The summed E-state index contributed by atoms with van der Waals surface area (Å²) in [6, 6.07) is 30.0. The number of fused-ring (bicyclic) bond motifs is 5. The quantitative estimate of drug-likeness (QED) is 0.353. The van der Waals surface area contributed by atoms with E-state index < -0.39 is 37.0 Å². The van der Waals surface area contributed by atoms with Gasteiger partial charge in [0.15, 0.2) is 18.9 Å². The summed E-state index contributed by atoms with van der Waals surface area (Å²) >= 11 is 0. The molecular weight excluding hydrogens is 540 g/mol. The Kier molecular flexibility index (Phi) is 7.53. The van der Waals surface area contributed by atoms with Gasteiger partial charge in [-0.15, -0.1) is 0 Å². The third-order valence-electron chi connectivity index (χ3n) is 8.47. The van der Waals surface area contributed by atoms with Crippen LogP contribution in [-0.4, -0.2) is 74.6 Å². The van der Waals surface area contributed by atoms with E-state index >= 15 is 0 Å². The van der Waals surface area contributed by atoms with E-state index in [-0.39, 0.29) is 30.7 Å². The van der Waals surface area contributed by atoms with Gasteiger partial charge in [0.05, 0.1) is 26.4 Å². The molecule has 5 heterocycles. The smallest absolute Gasteiger partial charge is 0.187 e. The Balaban J connectivity index is 1.09. The van der Waals surface area contributed by atoms with Crippen molar-refractivity contribution in [2.45, 2.75) is 80.9 Å². The topological polar surface area (TPSA) is 86.4 Å². The zero-order chi connectivity index (χ0) is 27.9. The van der Waals surface area contributed by atoms with Gasteiger partial charge in [-0.1, -0.05) is 91.0 Å². The molecule has 0 aliphatic carbocycles. The highest BCUT2D eigenvalue weighted by molar-refractivity contribution is 5.18. The summed E-state index contributed by atoms with van der Waals surface area (Å²) < 4.78 is 57.0. The van der Waals surface area contributed by atoms with Gasteiger partial charge in [-0.25, -0.2) is 0 Å². The molecule has 8 rings (SSSR count). The second-order valence-corrected chi connectivity index (χ2v) is 11.3. The van der Waals surface area contributed by atoms with Crippen LogP contribution in [-0.2, 0) is 55.8 Å². The third kappa shape index (κ3) is 5.41. The molecule has 5 aliphatic heterocycles. The van der Waals surface area contributed by atoms with Crippen molar-refractivity contribution in [2.24, 2.45) is 0 Å². The lowest BCUT2D eigenvalue weighted by Crippen LogP contribution is -2.64. The highest BCUT2D eigenvalue weighted by Gasteiger charge is 2.63. The van der Waals surface area contributed by atoms with Crippen LogP contribution < -0.4 is 0 Å². The Hall–Kier alpha value is -2.70. The molecule has 5 aliphatic rings. The Morgan fingerprint density at radius 1 is 0.548 bits per heavy atom. The monoisotopic (exact) mass is 574 g/mol. The normalized spacial score (nSPS) is 38.4. The maximum Gasteiger partial charge on any atom is 0.187 e. The van der Waals surface area contributed by atoms with Gasteiger partial charge in [-0.05, 0) is 11.1 Å². The van der Waals surface area contributed by atoms with Gasteiger partial charge in [0.25, 0.3) is 0 Å². The standard InChI is InChI=1S/C33H34O9/c1-4-10-20(11-5-1)16-34-27-25-23(18-36-31(41-25)22-14-8-3-9-15-22)39-33(29(27)35-17-21-12-6-2-7-13-21)42-26-24-19-37-32(38-24)30-28(26)40-30/h1-15,23-33H,16-19H2/t23-,24-,25-,26-,27+,28+,29-,30+,31?,32-,33+/m1/s1. The first-order valence-corrected chi connectivity index (χ1v) is 14.7. The first-order valence-electron chi connectivity index (χ1n) is 14.7. The summed E-state index contributed by atoms with van der Waals surface area (Å²) in [7, 11) is 0. The van der Waals surface area contributed by atoms with Crippen LogP contribution in [0.4, 0.5) is 0 Å². The van der Waals surface area contributed by atoms with Crippen LogP contribution in [0.1, 0.15) is 23.0 Å². The van der Waals surface area contributed by atoms with E-state index in [4.69, 9.17) is 42.6 Å². The van der Waals surface area contributed by atoms with E-state index in [1.54, 1.807) is 0 Å². The highest BCUT2D eigenvalue weighted by atomic mass is 16.8. The molecule has 3 aromatic carbocycles. The average molecular weight is 575 g/mol. The van der Waals surface area contributed by atoms with E-state index in [0.717, 1.165) is 16.7 Å². The van der Waals surface area contributed by atoms with Crippen LogP contribution in [0.25, 0.3) is 0 Å². The summed E-state index contributed by atoms with van der Waals surface area (Å²) in [5, 5.41) is 0. The van der Waals surface area contributed by atoms with Crippen LogP contribution >= 0.6 is 0 Å². The SMILES string of the molecule is c1ccc(CO[C@@H]2[C@@H](OCc3ccccc3)[C@H](O[C@H]3[C@@H]4O[C@@H]4[C@@H]4OC[C@H]3O4)O[C@@H]3COC(c4ccccc4)O[C@@H]23)cc1. The number of benzene rings is 3. The number of hydrogen-bond acceptors (Lipinski definition) is 9. The van der Waals surface area contributed by atoms with Crippen LogP contribution in [0.5, 0.6) is 0 Å². The van der Waals surface area contributed by atoms with Gasteiger partial charge in [0.1, 0.15) is 48.8 Å². The highest BCUT2D eigenvalue weighted by Crippen LogP contribution is 2.45. The molecule has 0 saturated carbocycles. The maximum atomic E-state index is 6.69. The van der Waals surface area contributed by atoms with Crippen molar-refractivity contribution >= 4 is 0 Å². The molecule has 0 N–H and O–H groups in total. The third-order valence-corrected chi connectivity index (χ3v) is 8.47. The number of epoxide rings is 1. The Labute approximate surface area is 244 Å². The van der Waals surface area contributed by atoms with Crippen molar-refractivity contribution in [1.29, 1.82) is 0 Å². The molecule has 9 heteroatoms. The van der Waals surface area contributed by atoms with E-state index in [9.17, 15) is 0 Å². The molecule has 2 bridgehead atoms. The Bertz CT molecular complexity index is 1310. The van der Waals surface area contributed by atoms with Gasteiger partial charge >= 0.3 is 0 Å². The minimum atomic E-state index is -0.771. The fraction of sp³-hybridized carbons (Fsp3) is 0.455. The van der Waals surface area contributed by atoms with Gasteiger partial charge < -0.3 is 42.6 Å². The van der Waals surface area contributed by atoms with Gasteiger partial charge in [-0.3, -0.25) is 0 Å². The number of hydrogen-bond donors (Lipinski definition) is 0. The van der Waals surface area contributed by atoms with Crippen molar-refractivity contribution in [1.82, 2.24) is 0 Å². The summed E-state index contributed by atoms with van der Waals surface area (Å²) in [5.41, 5.74) is 3.02. The van der Waals surface area contributed by atoms with Gasteiger partial charge in [0.2, 0.25) is 0 Å². The van der Waals surface area contributed by atoms with E-state index in [2.05, 4.69) is 0 Å². The van der Waals surface area contributed by atoms with Crippen molar-refractivity contribution in [3.63, 3.8) is 0 Å². The molecule has 0 amide bonds. The second-order valence-electron chi connectivity index (χ2n) is 11.3. The second kappa shape index (κ2) is 11.8. The molecule has 5 saturated heterocycles. The fourth-order valence-electron chi connectivity index (χ4n) is 6.27. The molecular formula is C33H34O9. The van der Waals surface area contributed by atoms with Gasteiger partial charge in [0, 0.05) is 5.56 Å². The molecule has 5 fully saturated rings. The van der Waals surface area contributed by atoms with Crippen LogP contribution in [0, 0.1) is 0 Å². The molecule has 9 nitrogen and oxygen atoms in total. The first-order chi connectivity index (χ1) is 20.8. The average Bonchev–Trinajstić information content (AvgIpc) is 3.74. The summed E-state index contributed by atoms with van der Waals surface area (Å²) in [6.07, 6.45) is -4.46. The van der Waals surface area contributed by atoms with Crippen molar-refractivity contribution in [2.75, 3.05) is 13.2 Å². The summed E-state index contributed by atoms with van der Waals surface area (Å²) in [5.74, 6) is 0. The summed E-state index contributed by atoms with van der Waals surface area (Å²) in [6.45, 7) is 1.51. The molecule has 0 aromatic heterocycles. The number of ether oxygens (including phenoxy) is 9. The first kappa shape index (κ1) is 26.9. The lowest BCUT2D eigenvalue weighted by Gasteiger charge is -2.49. The minimum absolute atomic E-state index is 0.0997. The molecule has 1 unspecified atom stereocenters. The zero-order valence-corrected chi connectivity index (χ0v) is 23.0. The molecule has 0 radical (unpaired) electrons. The van der Waals surface area contributed by atoms with Gasteiger partial charge in [-0.2, -0.15) is 0 Å². The molecule has 11 atom stereocenters. The van der Waals surface area contributed by atoms with E-state index in [1.165, 1.54) is 0 Å². The van der Waals surface area contributed by atoms with Crippen LogP contribution in [0.15, 0.2) is 91.0 Å². The predicted octanol–water partition coefficient (Wildman–Crippen LogP) is 3.90. The van der Waals surface area contributed by atoms with Crippen molar-refractivity contribution in [3.8, 4) is 0 Å². The fourth-order valence-corrected chi connectivity index (χ4v) is 6.27. The number of rotatable bonds is 9. The minimum Gasteiger partial charge on any atom is -0.368 e. The maximum absolute atomic E-state index is 6.69. The lowest BCUT2D eigenvalue weighted by molar-refractivity contribution is -0.380. The predicted molar refractivity (Wildman–Crippen MR) is 147 cm³/mol. The van der Waals surface area contributed by atoms with E-state index in [1.807, 2.05) is 91.0 Å². The molecule has 220 valence electrons. The Morgan fingerprint density at radius 2 is 1.19 bits per heavy atom. The van der Waals surface area contributed by atoms with E-state index in [0.29, 0.717) is 26.4 Å². The van der Waals surface area contributed by atoms with Crippen LogP contribution in [0.3, 0.4) is 0 Å². The summed E-state index contributed by atoms with van der Waals surface area (Å²) in [4.78, 5) is 0. The van der Waals surface area contributed by atoms with Crippen molar-refractivity contribution in [3.05, 3.63) is 108 Å². The molecule has 42 heavy (non-hydrogen) atoms. The largest absolute Gasteiger partial charge is 0.368 e. The van der Waals surface area contributed by atoms with Crippen LogP contribution in [0.2, 0.25) is 0 Å². The molecule has 3 aromatic rings. The molecule has 0 spiro atoms. The zero-order valence-electron chi connectivity index (χ0n) is 23.0. The lowest BCUT2D eigenvalue weighted by atomic mass is 9.96. The van der Waals surface area contributed by atoms with Crippen molar-refractivity contribution < 1.29 is 42.6 Å². The Morgan fingerprint density at radius 3 is 1.90 bits per heavy atom.